The van der Waals surface area contributed by atoms with Crippen molar-refractivity contribution in [3.63, 3.8) is 0 Å². The summed E-state index contributed by atoms with van der Waals surface area (Å²) in [5.41, 5.74) is 0.111. The SMILES string of the molecule is CC(C)Oc1ccc(S(=O)(=O)N2CCCCC2)cc1NS(=O)(=O)c1cccs1. The quantitative estimate of drug-likeness (QED) is 0.705. The van der Waals surface area contributed by atoms with Gasteiger partial charge in [-0.1, -0.05) is 12.5 Å². The van der Waals surface area contributed by atoms with Gasteiger partial charge >= 0.3 is 0 Å². The van der Waals surface area contributed by atoms with Gasteiger partial charge in [0, 0.05) is 13.1 Å². The van der Waals surface area contributed by atoms with Crippen LogP contribution in [0.3, 0.4) is 0 Å². The molecule has 2 aromatic rings. The second-order valence-electron chi connectivity index (χ2n) is 6.83. The highest BCUT2D eigenvalue weighted by Crippen LogP contribution is 2.33. The summed E-state index contributed by atoms with van der Waals surface area (Å²) in [5.74, 6) is 0.285. The number of piperidine rings is 1. The Hall–Kier alpha value is -1.62. The van der Waals surface area contributed by atoms with Crippen molar-refractivity contribution in [3.05, 3.63) is 35.7 Å². The van der Waals surface area contributed by atoms with Crippen LogP contribution in [-0.4, -0.2) is 40.3 Å². The molecular formula is C18H24N2O5S3. The molecule has 0 unspecified atom stereocenters. The van der Waals surface area contributed by atoms with Crippen molar-refractivity contribution in [1.82, 2.24) is 4.31 Å². The second kappa shape index (κ2) is 8.40. The molecule has 0 amide bonds. The Morgan fingerprint density at radius 3 is 2.39 bits per heavy atom. The lowest BCUT2D eigenvalue weighted by Crippen LogP contribution is -2.35. The maximum Gasteiger partial charge on any atom is 0.271 e. The lowest BCUT2D eigenvalue weighted by molar-refractivity contribution is 0.243. The van der Waals surface area contributed by atoms with Crippen LogP contribution in [0.25, 0.3) is 0 Å². The van der Waals surface area contributed by atoms with Gasteiger partial charge in [0.05, 0.1) is 16.7 Å². The van der Waals surface area contributed by atoms with Crippen LogP contribution in [0.5, 0.6) is 5.75 Å². The topological polar surface area (TPSA) is 92.8 Å². The number of thiophene rings is 1. The molecule has 28 heavy (non-hydrogen) atoms. The van der Waals surface area contributed by atoms with E-state index in [1.165, 1.54) is 28.6 Å². The first-order valence-corrected chi connectivity index (χ1v) is 12.9. The minimum absolute atomic E-state index is 0.0504. The number of hydrogen-bond acceptors (Lipinski definition) is 6. The van der Waals surface area contributed by atoms with Crippen LogP contribution in [0, 0.1) is 0 Å². The molecule has 0 aliphatic carbocycles. The fraction of sp³-hybridized carbons (Fsp3) is 0.444. The largest absolute Gasteiger partial charge is 0.489 e. The molecule has 0 bridgehead atoms. The van der Waals surface area contributed by atoms with E-state index in [0.717, 1.165) is 30.6 Å². The van der Waals surface area contributed by atoms with E-state index in [1.807, 2.05) is 13.8 Å². The highest BCUT2D eigenvalue weighted by Gasteiger charge is 2.28. The fourth-order valence-corrected chi connectivity index (χ4v) is 6.57. The Balaban J connectivity index is 2.00. The molecule has 0 saturated carbocycles. The number of hydrogen-bond donors (Lipinski definition) is 1. The first-order valence-electron chi connectivity index (χ1n) is 9.07. The predicted octanol–water partition coefficient (Wildman–Crippen LogP) is 3.51. The molecule has 0 atom stereocenters. The molecule has 0 spiro atoms. The summed E-state index contributed by atoms with van der Waals surface area (Å²) in [5, 5.41) is 1.66. The number of ether oxygens (including phenoxy) is 1. The molecule has 2 heterocycles. The van der Waals surface area contributed by atoms with Crippen LogP contribution in [0.15, 0.2) is 44.8 Å². The Kier molecular flexibility index (Phi) is 6.33. The van der Waals surface area contributed by atoms with Gasteiger partial charge in [0.2, 0.25) is 10.0 Å². The van der Waals surface area contributed by atoms with Gasteiger partial charge in [-0.15, -0.1) is 11.3 Å². The minimum atomic E-state index is -3.84. The third-order valence-electron chi connectivity index (χ3n) is 4.27. The zero-order chi connectivity index (χ0) is 20.4. The molecule has 1 saturated heterocycles. The van der Waals surface area contributed by atoms with Gasteiger partial charge in [0.1, 0.15) is 9.96 Å². The second-order valence-corrected chi connectivity index (χ2v) is 11.6. The summed E-state index contributed by atoms with van der Waals surface area (Å²) in [7, 11) is -7.53. The smallest absolute Gasteiger partial charge is 0.271 e. The van der Waals surface area contributed by atoms with Crippen molar-refractivity contribution in [2.75, 3.05) is 17.8 Å². The standard InChI is InChI=1S/C18H24N2O5S3/c1-14(2)25-17-9-8-15(28(23,24)20-10-4-3-5-11-20)13-16(17)19-27(21,22)18-7-6-12-26-18/h6-9,12-14,19H,3-5,10-11H2,1-2H3. The Bertz CT molecular complexity index is 1010. The summed E-state index contributed by atoms with van der Waals surface area (Å²) < 4.78 is 61.0. The first kappa shape index (κ1) is 21.1. The van der Waals surface area contributed by atoms with E-state index in [1.54, 1.807) is 11.4 Å². The Morgan fingerprint density at radius 1 is 1.07 bits per heavy atom. The normalized spacial score (nSPS) is 16.2. The number of nitrogens with zero attached hydrogens (tertiary/aromatic N) is 1. The van der Waals surface area contributed by atoms with E-state index >= 15 is 0 Å². The molecule has 10 heteroatoms. The maximum atomic E-state index is 13.0. The number of rotatable bonds is 7. The average molecular weight is 445 g/mol. The van der Waals surface area contributed by atoms with Gasteiger partial charge in [0.25, 0.3) is 10.0 Å². The average Bonchev–Trinajstić information content (AvgIpc) is 3.19. The van der Waals surface area contributed by atoms with Crippen LogP contribution >= 0.6 is 11.3 Å². The van der Waals surface area contributed by atoms with Gasteiger partial charge in [-0.2, -0.15) is 4.31 Å². The molecule has 1 aromatic carbocycles. The van der Waals surface area contributed by atoms with Crippen molar-refractivity contribution in [3.8, 4) is 5.75 Å². The first-order chi connectivity index (χ1) is 13.2. The molecule has 1 N–H and O–H groups in total. The van der Waals surface area contributed by atoms with Crippen molar-refractivity contribution in [2.45, 2.75) is 48.3 Å². The molecule has 1 aromatic heterocycles. The molecule has 0 radical (unpaired) electrons. The minimum Gasteiger partial charge on any atom is -0.489 e. The van der Waals surface area contributed by atoms with Crippen LogP contribution in [0.1, 0.15) is 33.1 Å². The monoisotopic (exact) mass is 444 g/mol. The Morgan fingerprint density at radius 2 is 1.79 bits per heavy atom. The molecule has 1 aliphatic heterocycles. The third kappa shape index (κ3) is 4.68. The summed E-state index contributed by atoms with van der Waals surface area (Å²) in [6, 6.07) is 7.44. The zero-order valence-electron chi connectivity index (χ0n) is 15.8. The van der Waals surface area contributed by atoms with Crippen LogP contribution in [0.2, 0.25) is 0 Å². The summed E-state index contributed by atoms with van der Waals surface area (Å²) >= 11 is 1.08. The molecule has 1 aliphatic rings. The van der Waals surface area contributed by atoms with E-state index in [9.17, 15) is 16.8 Å². The van der Waals surface area contributed by atoms with Crippen LogP contribution < -0.4 is 9.46 Å². The van der Waals surface area contributed by atoms with Crippen molar-refractivity contribution in [2.24, 2.45) is 0 Å². The number of benzene rings is 1. The molecular weight excluding hydrogens is 420 g/mol. The van der Waals surface area contributed by atoms with E-state index in [-0.39, 0.29) is 26.6 Å². The molecule has 154 valence electrons. The van der Waals surface area contributed by atoms with Crippen LogP contribution in [-0.2, 0) is 20.0 Å². The van der Waals surface area contributed by atoms with Gasteiger partial charge in [-0.05, 0) is 56.3 Å². The Labute approximate surface area is 170 Å². The van der Waals surface area contributed by atoms with E-state index in [4.69, 9.17) is 4.74 Å². The van der Waals surface area contributed by atoms with Gasteiger partial charge < -0.3 is 4.74 Å². The number of sulfonamides is 2. The van der Waals surface area contributed by atoms with E-state index in [0.29, 0.717) is 13.1 Å². The lowest BCUT2D eigenvalue weighted by atomic mass is 10.2. The van der Waals surface area contributed by atoms with Crippen molar-refractivity contribution < 1.29 is 21.6 Å². The molecule has 1 fully saturated rings. The third-order valence-corrected chi connectivity index (χ3v) is 8.93. The highest BCUT2D eigenvalue weighted by atomic mass is 32.2. The van der Waals surface area contributed by atoms with E-state index in [2.05, 4.69) is 4.72 Å². The predicted molar refractivity (Wildman–Crippen MR) is 110 cm³/mol. The lowest BCUT2D eigenvalue weighted by Gasteiger charge is -2.26. The molecule has 7 nitrogen and oxygen atoms in total. The van der Waals surface area contributed by atoms with Gasteiger partial charge in [-0.3, -0.25) is 4.72 Å². The van der Waals surface area contributed by atoms with Crippen molar-refractivity contribution in [1.29, 1.82) is 0 Å². The summed E-state index contributed by atoms with van der Waals surface area (Å²) in [6.07, 6.45) is 2.46. The van der Waals surface area contributed by atoms with Gasteiger partial charge in [0.15, 0.2) is 0 Å². The molecule has 3 rings (SSSR count). The number of nitrogens with one attached hydrogen (secondary N) is 1. The summed E-state index contributed by atoms with van der Waals surface area (Å²) in [6.45, 7) is 4.58. The van der Waals surface area contributed by atoms with Crippen molar-refractivity contribution >= 4 is 37.1 Å². The zero-order valence-corrected chi connectivity index (χ0v) is 18.2. The number of anilines is 1. The highest BCUT2D eigenvalue weighted by molar-refractivity contribution is 7.94. The van der Waals surface area contributed by atoms with E-state index < -0.39 is 20.0 Å². The summed E-state index contributed by atoms with van der Waals surface area (Å²) in [4.78, 5) is 0.0504. The maximum absolute atomic E-state index is 13.0. The van der Waals surface area contributed by atoms with Gasteiger partial charge in [-0.25, -0.2) is 16.8 Å². The van der Waals surface area contributed by atoms with Crippen LogP contribution in [0.4, 0.5) is 5.69 Å². The fourth-order valence-electron chi connectivity index (χ4n) is 2.97.